The van der Waals surface area contributed by atoms with Gasteiger partial charge in [0.25, 0.3) is 0 Å². The van der Waals surface area contributed by atoms with Crippen molar-refractivity contribution in [2.45, 2.75) is 33.0 Å². The summed E-state index contributed by atoms with van der Waals surface area (Å²) in [4.78, 5) is 6.85. The highest BCUT2D eigenvalue weighted by molar-refractivity contribution is 7.11. The summed E-state index contributed by atoms with van der Waals surface area (Å²) in [6, 6.07) is 4.09. The minimum atomic E-state index is -4.26. The van der Waals surface area contributed by atoms with Crippen LogP contribution in [-0.4, -0.2) is 38.4 Å². The topological polar surface area (TPSA) is 45.7 Å². The summed E-state index contributed by atoms with van der Waals surface area (Å²) in [5.41, 5.74) is 0. The van der Waals surface area contributed by atoms with Gasteiger partial charge in [0.2, 0.25) is 0 Å². The molecule has 1 aromatic heterocycles. The molecule has 0 radical (unpaired) electrons. The zero-order chi connectivity index (χ0) is 16.4. The van der Waals surface area contributed by atoms with E-state index in [2.05, 4.69) is 20.4 Å². The highest BCUT2D eigenvalue weighted by Gasteiger charge is 2.27. The fraction of sp³-hybridized carbons (Fsp3) is 0.643. The molecular weight excluding hydrogens is 315 g/mol. The Labute approximate surface area is 132 Å². The Morgan fingerprint density at radius 3 is 2.68 bits per heavy atom. The van der Waals surface area contributed by atoms with E-state index in [-0.39, 0.29) is 6.61 Å². The second-order valence-corrected chi connectivity index (χ2v) is 6.03. The van der Waals surface area contributed by atoms with Gasteiger partial charge >= 0.3 is 6.18 Å². The number of alkyl halides is 3. The smallest absolute Gasteiger partial charge is 0.372 e. The number of guanidine groups is 1. The summed E-state index contributed by atoms with van der Waals surface area (Å²) in [5, 5.41) is 6.18. The van der Waals surface area contributed by atoms with Gasteiger partial charge < -0.3 is 15.4 Å². The van der Waals surface area contributed by atoms with E-state index in [0.717, 1.165) is 6.54 Å². The first-order chi connectivity index (χ1) is 10.4. The molecule has 4 nitrogen and oxygen atoms in total. The maximum atomic E-state index is 11.9. The van der Waals surface area contributed by atoms with Crippen LogP contribution in [-0.2, 0) is 11.3 Å². The van der Waals surface area contributed by atoms with Gasteiger partial charge in [0.15, 0.2) is 5.96 Å². The molecule has 0 fully saturated rings. The third-order valence-corrected chi connectivity index (χ3v) is 3.54. The summed E-state index contributed by atoms with van der Waals surface area (Å²) < 4.78 is 40.2. The molecule has 0 atom stereocenters. The van der Waals surface area contributed by atoms with Crippen LogP contribution in [0.5, 0.6) is 0 Å². The number of nitrogens with one attached hydrogen (secondary N) is 2. The second kappa shape index (κ2) is 9.68. The molecule has 0 aliphatic rings. The van der Waals surface area contributed by atoms with Crippen LogP contribution in [0.25, 0.3) is 0 Å². The summed E-state index contributed by atoms with van der Waals surface area (Å²) in [6.45, 7) is 4.68. The normalized spacial score (nSPS) is 12.5. The van der Waals surface area contributed by atoms with Crippen molar-refractivity contribution in [1.82, 2.24) is 10.6 Å². The van der Waals surface area contributed by atoms with Gasteiger partial charge in [-0.25, -0.2) is 4.99 Å². The zero-order valence-corrected chi connectivity index (χ0v) is 13.6. The van der Waals surface area contributed by atoms with E-state index in [1.165, 1.54) is 9.75 Å². The number of thiophene rings is 1. The Balaban J connectivity index is 2.26. The summed E-state index contributed by atoms with van der Waals surface area (Å²) in [5.74, 6) is 0.657. The summed E-state index contributed by atoms with van der Waals surface area (Å²) >= 11 is 1.70. The molecule has 0 aliphatic heterocycles. The Morgan fingerprint density at radius 1 is 1.32 bits per heavy atom. The van der Waals surface area contributed by atoms with Crippen molar-refractivity contribution in [2.24, 2.45) is 4.99 Å². The van der Waals surface area contributed by atoms with Crippen LogP contribution in [0.2, 0.25) is 0 Å². The predicted octanol–water partition coefficient (Wildman–Crippen LogP) is 3.08. The van der Waals surface area contributed by atoms with E-state index in [0.29, 0.717) is 25.5 Å². The van der Waals surface area contributed by atoms with Crippen LogP contribution in [0.4, 0.5) is 13.2 Å². The van der Waals surface area contributed by atoms with Gasteiger partial charge in [-0.05, 0) is 32.4 Å². The summed E-state index contributed by atoms with van der Waals surface area (Å²) in [7, 11) is 0. The first-order valence-electron chi connectivity index (χ1n) is 7.12. The molecule has 126 valence electrons. The second-order valence-electron chi connectivity index (χ2n) is 4.66. The average Bonchev–Trinajstić information content (AvgIpc) is 2.84. The van der Waals surface area contributed by atoms with E-state index in [4.69, 9.17) is 0 Å². The third kappa shape index (κ3) is 8.89. The highest BCUT2D eigenvalue weighted by atomic mass is 32.1. The molecule has 1 heterocycles. The molecule has 0 saturated heterocycles. The lowest BCUT2D eigenvalue weighted by atomic mass is 10.4. The van der Waals surface area contributed by atoms with Crippen LogP contribution in [0, 0.1) is 6.92 Å². The van der Waals surface area contributed by atoms with Gasteiger partial charge in [-0.1, -0.05) is 0 Å². The van der Waals surface area contributed by atoms with E-state index < -0.39 is 12.8 Å². The predicted molar refractivity (Wildman–Crippen MR) is 83.4 cm³/mol. The minimum absolute atomic E-state index is 0.0655. The molecule has 0 saturated carbocycles. The molecule has 2 N–H and O–H groups in total. The van der Waals surface area contributed by atoms with Gasteiger partial charge in [0, 0.05) is 29.5 Å². The van der Waals surface area contributed by atoms with Crippen LogP contribution >= 0.6 is 11.3 Å². The number of hydrogen-bond acceptors (Lipinski definition) is 3. The summed E-state index contributed by atoms with van der Waals surface area (Å²) in [6.07, 6.45) is -3.78. The molecule has 1 rings (SSSR count). The van der Waals surface area contributed by atoms with Crippen LogP contribution < -0.4 is 10.6 Å². The number of aliphatic imine (C=N–C) groups is 1. The van der Waals surface area contributed by atoms with E-state index >= 15 is 0 Å². The lowest BCUT2D eigenvalue weighted by Gasteiger charge is -2.11. The van der Waals surface area contributed by atoms with Crippen molar-refractivity contribution >= 4 is 17.3 Å². The standard InChI is InChI=1S/C14H22F3N3OS/c1-3-18-13(20-9-12-6-5-11(2)22-12)19-7-4-8-21-10-14(15,16)17/h5-6H,3-4,7-10H2,1-2H3,(H2,18,19,20). The van der Waals surface area contributed by atoms with Gasteiger partial charge in [-0.2, -0.15) is 13.2 Å². The van der Waals surface area contributed by atoms with Crippen LogP contribution in [0.1, 0.15) is 23.1 Å². The van der Waals surface area contributed by atoms with Crippen molar-refractivity contribution in [2.75, 3.05) is 26.3 Å². The monoisotopic (exact) mass is 337 g/mol. The van der Waals surface area contributed by atoms with Crippen LogP contribution in [0.3, 0.4) is 0 Å². The largest absolute Gasteiger partial charge is 0.411 e. The number of aryl methyl sites for hydroxylation is 1. The lowest BCUT2D eigenvalue weighted by molar-refractivity contribution is -0.173. The van der Waals surface area contributed by atoms with Crippen molar-refractivity contribution in [1.29, 1.82) is 0 Å². The van der Waals surface area contributed by atoms with Crippen LogP contribution in [0.15, 0.2) is 17.1 Å². The van der Waals surface area contributed by atoms with Crippen molar-refractivity contribution in [3.8, 4) is 0 Å². The maximum absolute atomic E-state index is 11.9. The molecule has 8 heteroatoms. The molecule has 22 heavy (non-hydrogen) atoms. The third-order valence-electron chi connectivity index (χ3n) is 2.56. The van der Waals surface area contributed by atoms with Crippen molar-refractivity contribution < 1.29 is 17.9 Å². The number of rotatable bonds is 8. The van der Waals surface area contributed by atoms with Gasteiger partial charge in [0.1, 0.15) is 6.61 Å². The Morgan fingerprint density at radius 2 is 2.09 bits per heavy atom. The molecule has 1 aromatic rings. The highest BCUT2D eigenvalue weighted by Crippen LogP contribution is 2.15. The van der Waals surface area contributed by atoms with E-state index in [1.807, 2.05) is 26.0 Å². The van der Waals surface area contributed by atoms with Gasteiger partial charge in [-0.15, -0.1) is 11.3 Å². The molecule has 0 unspecified atom stereocenters. The molecule has 0 bridgehead atoms. The Hall–Kier alpha value is -1.28. The number of ether oxygens (including phenoxy) is 1. The lowest BCUT2D eigenvalue weighted by Crippen LogP contribution is -2.38. The number of nitrogens with zero attached hydrogens (tertiary/aromatic N) is 1. The van der Waals surface area contributed by atoms with Crippen molar-refractivity contribution in [3.63, 3.8) is 0 Å². The first-order valence-corrected chi connectivity index (χ1v) is 7.94. The maximum Gasteiger partial charge on any atom is 0.411 e. The molecule has 0 aromatic carbocycles. The quantitative estimate of drug-likeness (QED) is 0.435. The molecule has 0 aliphatic carbocycles. The fourth-order valence-electron chi connectivity index (χ4n) is 1.64. The number of halogens is 3. The zero-order valence-electron chi connectivity index (χ0n) is 12.8. The van der Waals surface area contributed by atoms with E-state index in [1.54, 1.807) is 11.3 Å². The Bertz CT molecular complexity index is 460. The molecule has 0 amide bonds. The minimum Gasteiger partial charge on any atom is -0.372 e. The first kappa shape index (κ1) is 18.8. The average molecular weight is 337 g/mol. The Kier molecular flexibility index (Phi) is 8.26. The van der Waals surface area contributed by atoms with Gasteiger partial charge in [0.05, 0.1) is 6.54 Å². The fourth-order valence-corrected chi connectivity index (χ4v) is 2.45. The number of hydrogen-bond donors (Lipinski definition) is 2. The molecule has 0 spiro atoms. The van der Waals surface area contributed by atoms with Gasteiger partial charge in [-0.3, -0.25) is 0 Å². The molecular formula is C14H22F3N3OS. The van der Waals surface area contributed by atoms with Crippen molar-refractivity contribution in [3.05, 3.63) is 21.9 Å². The SMILES string of the molecule is CCNC(=NCc1ccc(C)s1)NCCCOCC(F)(F)F. The van der Waals surface area contributed by atoms with E-state index in [9.17, 15) is 13.2 Å².